The Morgan fingerprint density at radius 3 is 2.92 bits per heavy atom. The maximum atomic E-state index is 9.50. The van der Waals surface area contributed by atoms with Crippen molar-refractivity contribution in [2.24, 2.45) is 4.99 Å². The molecule has 26 heavy (non-hydrogen) atoms. The van der Waals surface area contributed by atoms with E-state index in [1.807, 2.05) is 42.5 Å². The van der Waals surface area contributed by atoms with Crippen molar-refractivity contribution in [3.8, 4) is 11.8 Å². The number of nitrogens with zero attached hydrogens (tertiary/aromatic N) is 3. The van der Waals surface area contributed by atoms with E-state index in [2.05, 4.69) is 55.2 Å². The minimum Gasteiger partial charge on any atom is -0.497 e. The van der Waals surface area contributed by atoms with Crippen LogP contribution >= 0.6 is 22.6 Å². The van der Waals surface area contributed by atoms with Crippen molar-refractivity contribution in [2.45, 2.75) is 4.43 Å². The van der Waals surface area contributed by atoms with Crippen molar-refractivity contribution >= 4 is 46.1 Å². The highest BCUT2D eigenvalue weighted by atomic mass is 127. The third-order valence-corrected chi connectivity index (χ3v) is 4.52. The van der Waals surface area contributed by atoms with E-state index < -0.39 is 0 Å². The standard InChI is InChI=1S/C19H16IN5O/c1-26-16-7-3-5-14(9-16)12-22-18-17(11-21)19(25-24-18)23-15-6-2-4-13(8-15)10-20/h2-9,12H,10H2,1H3,(H2,23,24,25). The first kappa shape index (κ1) is 17.9. The lowest BCUT2D eigenvalue weighted by Crippen LogP contribution is -1.93. The van der Waals surface area contributed by atoms with Gasteiger partial charge < -0.3 is 10.1 Å². The van der Waals surface area contributed by atoms with E-state index in [9.17, 15) is 5.26 Å². The Morgan fingerprint density at radius 1 is 1.31 bits per heavy atom. The number of hydrogen-bond acceptors (Lipinski definition) is 5. The first-order chi connectivity index (χ1) is 12.7. The zero-order valence-electron chi connectivity index (χ0n) is 14.0. The number of aliphatic imine (C=N–C) groups is 1. The number of methoxy groups -OCH3 is 1. The van der Waals surface area contributed by atoms with Crippen LogP contribution in [-0.4, -0.2) is 23.5 Å². The fourth-order valence-electron chi connectivity index (χ4n) is 2.36. The summed E-state index contributed by atoms with van der Waals surface area (Å²) in [6.07, 6.45) is 1.65. The van der Waals surface area contributed by atoms with Gasteiger partial charge in [-0.1, -0.05) is 46.9 Å². The SMILES string of the molecule is COc1cccc(C=Nc2n[nH]c(Nc3cccc(CI)c3)c2C#N)c1. The molecule has 0 saturated heterocycles. The number of rotatable bonds is 6. The van der Waals surface area contributed by atoms with Crippen molar-refractivity contribution in [1.82, 2.24) is 10.2 Å². The lowest BCUT2D eigenvalue weighted by Gasteiger charge is -2.05. The van der Waals surface area contributed by atoms with Gasteiger partial charge in [0.25, 0.3) is 0 Å². The van der Waals surface area contributed by atoms with E-state index in [-0.39, 0.29) is 0 Å². The van der Waals surface area contributed by atoms with Crippen LogP contribution in [0.15, 0.2) is 53.5 Å². The van der Waals surface area contributed by atoms with Gasteiger partial charge in [0.1, 0.15) is 23.2 Å². The first-order valence-corrected chi connectivity index (χ1v) is 9.34. The Bertz CT molecular complexity index is 974. The van der Waals surface area contributed by atoms with E-state index in [1.165, 1.54) is 5.56 Å². The number of H-pyrrole nitrogens is 1. The van der Waals surface area contributed by atoms with Gasteiger partial charge in [-0.05, 0) is 35.4 Å². The minimum atomic E-state index is 0.336. The Kier molecular flexibility index (Phi) is 5.86. The predicted molar refractivity (Wildman–Crippen MR) is 111 cm³/mol. The van der Waals surface area contributed by atoms with Crippen LogP contribution in [-0.2, 0) is 4.43 Å². The molecule has 0 bridgehead atoms. The molecule has 0 aliphatic carbocycles. The Balaban J connectivity index is 1.83. The predicted octanol–water partition coefficient (Wildman–Crippen LogP) is 4.72. The normalized spacial score (nSPS) is 10.7. The second-order valence-corrected chi connectivity index (χ2v) is 6.17. The summed E-state index contributed by atoms with van der Waals surface area (Å²) in [5, 5.41) is 19.7. The second-order valence-electron chi connectivity index (χ2n) is 5.40. The summed E-state index contributed by atoms with van der Waals surface area (Å²) >= 11 is 2.31. The van der Waals surface area contributed by atoms with Gasteiger partial charge >= 0.3 is 0 Å². The Morgan fingerprint density at radius 2 is 2.15 bits per heavy atom. The summed E-state index contributed by atoms with van der Waals surface area (Å²) in [6, 6.07) is 17.7. The molecule has 130 valence electrons. The highest BCUT2D eigenvalue weighted by Gasteiger charge is 2.12. The lowest BCUT2D eigenvalue weighted by atomic mass is 10.2. The number of nitriles is 1. The van der Waals surface area contributed by atoms with Crippen LogP contribution in [0.5, 0.6) is 5.75 Å². The van der Waals surface area contributed by atoms with Gasteiger partial charge in [0.2, 0.25) is 0 Å². The van der Waals surface area contributed by atoms with E-state index >= 15 is 0 Å². The quantitative estimate of drug-likeness (QED) is 0.319. The van der Waals surface area contributed by atoms with Crippen LogP contribution in [0.3, 0.4) is 0 Å². The number of aromatic nitrogens is 2. The van der Waals surface area contributed by atoms with E-state index in [0.29, 0.717) is 17.2 Å². The largest absolute Gasteiger partial charge is 0.497 e. The topological polar surface area (TPSA) is 86.1 Å². The molecule has 0 unspecified atom stereocenters. The van der Waals surface area contributed by atoms with Gasteiger partial charge in [0, 0.05) is 16.3 Å². The molecule has 0 aliphatic rings. The number of nitrogens with one attached hydrogen (secondary N) is 2. The molecular weight excluding hydrogens is 441 g/mol. The van der Waals surface area contributed by atoms with E-state index in [1.54, 1.807) is 13.3 Å². The second kappa shape index (κ2) is 8.49. The molecule has 0 aliphatic heterocycles. The summed E-state index contributed by atoms with van der Waals surface area (Å²) in [4.78, 5) is 4.33. The van der Waals surface area contributed by atoms with Crippen molar-refractivity contribution in [2.75, 3.05) is 12.4 Å². The van der Waals surface area contributed by atoms with Crippen LogP contribution in [0, 0.1) is 11.3 Å². The van der Waals surface area contributed by atoms with E-state index in [4.69, 9.17) is 4.74 Å². The van der Waals surface area contributed by atoms with Gasteiger partial charge in [0.15, 0.2) is 5.82 Å². The average Bonchev–Trinajstić information content (AvgIpc) is 3.08. The van der Waals surface area contributed by atoms with Gasteiger partial charge in [-0.25, -0.2) is 4.99 Å². The van der Waals surface area contributed by atoms with Gasteiger partial charge in [-0.2, -0.15) is 10.4 Å². The smallest absolute Gasteiger partial charge is 0.193 e. The molecule has 6 nitrogen and oxygen atoms in total. The lowest BCUT2D eigenvalue weighted by molar-refractivity contribution is 0.415. The first-order valence-electron chi connectivity index (χ1n) is 7.82. The van der Waals surface area contributed by atoms with Gasteiger partial charge in [-0.15, -0.1) is 0 Å². The van der Waals surface area contributed by atoms with Crippen molar-refractivity contribution in [3.63, 3.8) is 0 Å². The molecule has 0 atom stereocenters. The number of alkyl halides is 1. The Hall–Kier alpha value is -2.86. The molecule has 1 aromatic heterocycles. The summed E-state index contributed by atoms with van der Waals surface area (Å²) in [5.74, 6) is 1.60. The highest BCUT2D eigenvalue weighted by Crippen LogP contribution is 2.26. The van der Waals surface area contributed by atoms with Crippen LogP contribution in [0.25, 0.3) is 0 Å². The third kappa shape index (κ3) is 4.21. The van der Waals surface area contributed by atoms with Crippen LogP contribution in [0.1, 0.15) is 16.7 Å². The van der Waals surface area contributed by atoms with Gasteiger partial charge in [0.05, 0.1) is 7.11 Å². The molecule has 3 rings (SSSR count). The molecule has 0 amide bonds. The fraction of sp³-hybridized carbons (Fsp3) is 0.105. The van der Waals surface area contributed by atoms with Crippen LogP contribution in [0.4, 0.5) is 17.3 Å². The molecule has 3 aromatic rings. The summed E-state index contributed by atoms with van der Waals surface area (Å²) < 4.78 is 6.11. The third-order valence-electron chi connectivity index (χ3n) is 3.64. The molecule has 7 heteroatoms. The average molecular weight is 457 g/mol. The number of ether oxygens (including phenoxy) is 1. The number of hydrogen-bond donors (Lipinski definition) is 2. The van der Waals surface area contributed by atoms with Crippen molar-refractivity contribution in [3.05, 3.63) is 65.2 Å². The molecule has 0 spiro atoms. The fourth-order valence-corrected chi connectivity index (χ4v) is 2.83. The summed E-state index contributed by atoms with van der Waals surface area (Å²) in [5.41, 5.74) is 3.32. The number of halogens is 1. The molecule has 0 fully saturated rings. The molecule has 0 saturated carbocycles. The number of anilines is 2. The van der Waals surface area contributed by atoms with Gasteiger partial charge in [-0.3, -0.25) is 5.10 Å². The molecule has 0 radical (unpaired) electrons. The highest BCUT2D eigenvalue weighted by molar-refractivity contribution is 14.1. The molecule has 1 heterocycles. The van der Waals surface area contributed by atoms with Crippen LogP contribution < -0.4 is 10.1 Å². The molecule has 2 aromatic carbocycles. The number of benzene rings is 2. The Labute approximate surface area is 165 Å². The van der Waals surface area contributed by atoms with Crippen LogP contribution in [0.2, 0.25) is 0 Å². The zero-order chi connectivity index (χ0) is 18.4. The van der Waals surface area contributed by atoms with Crippen molar-refractivity contribution < 1.29 is 4.74 Å². The molecular formula is C19H16IN5O. The molecule has 2 N–H and O–H groups in total. The monoisotopic (exact) mass is 457 g/mol. The summed E-state index contributed by atoms with van der Waals surface area (Å²) in [6.45, 7) is 0. The zero-order valence-corrected chi connectivity index (χ0v) is 16.2. The summed E-state index contributed by atoms with van der Waals surface area (Å²) in [7, 11) is 1.61. The maximum Gasteiger partial charge on any atom is 0.193 e. The minimum absolute atomic E-state index is 0.336. The maximum absolute atomic E-state index is 9.50. The van der Waals surface area contributed by atoms with Crippen molar-refractivity contribution in [1.29, 1.82) is 5.26 Å². The number of aromatic amines is 1. The van der Waals surface area contributed by atoms with E-state index in [0.717, 1.165) is 21.4 Å².